The molecule has 0 saturated heterocycles. The molecule has 1 aromatic carbocycles. The third-order valence-electron chi connectivity index (χ3n) is 2.17. The quantitative estimate of drug-likeness (QED) is 0.776. The van der Waals surface area contributed by atoms with Crippen LogP contribution in [0.2, 0.25) is 0 Å². The Bertz CT molecular complexity index is 284. The van der Waals surface area contributed by atoms with Crippen LogP contribution in [0, 0.1) is 0 Å². The average Bonchev–Trinajstić information content (AvgIpc) is 2.21. The van der Waals surface area contributed by atoms with Crippen molar-refractivity contribution in [3.8, 4) is 5.75 Å². The molecule has 1 N–H and O–H groups in total. The van der Waals surface area contributed by atoms with Crippen molar-refractivity contribution >= 4 is 5.69 Å². The SMILES string of the molecule is CCCc1cccc(NC)c1OCC. The summed E-state index contributed by atoms with van der Waals surface area (Å²) in [5.41, 5.74) is 2.37. The first-order valence-electron chi connectivity index (χ1n) is 5.25. The fourth-order valence-electron chi connectivity index (χ4n) is 1.56. The van der Waals surface area contributed by atoms with Crippen molar-refractivity contribution in [1.82, 2.24) is 0 Å². The zero-order valence-corrected chi connectivity index (χ0v) is 9.26. The summed E-state index contributed by atoms with van der Waals surface area (Å²) in [4.78, 5) is 0. The van der Waals surface area contributed by atoms with Crippen molar-refractivity contribution in [3.63, 3.8) is 0 Å². The fourth-order valence-corrected chi connectivity index (χ4v) is 1.56. The van der Waals surface area contributed by atoms with Crippen molar-refractivity contribution in [1.29, 1.82) is 0 Å². The van der Waals surface area contributed by atoms with E-state index in [-0.39, 0.29) is 0 Å². The molecule has 78 valence electrons. The number of nitrogens with one attached hydrogen (secondary N) is 1. The number of benzene rings is 1. The van der Waals surface area contributed by atoms with Crippen LogP contribution < -0.4 is 10.1 Å². The predicted molar refractivity (Wildman–Crippen MR) is 61.2 cm³/mol. The van der Waals surface area contributed by atoms with E-state index in [1.54, 1.807) is 0 Å². The number of hydrogen-bond donors (Lipinski definition) is 1. The molecule has 1 rings (SSSR count). The zero-order valence-electron chi connectivity index (χ0n) is 9.26. The number of para-hydroxylation sites is 1. The molecule has 0 aliphatic heterocycles. The lowest BCUT2D eigenvalue weighted by Crippen LogP contribution is -2.01. The standard InChI is InChI=1S/C12H19NO/c1-4-7-10-8-6-9-11(13-3)12(10)14-5-2/h6,8-9,13H,4-5,7H2,1-3H3. The summed E-state index contributed by atoms with van der Waals surface area (Å²) < 4.78 is 5.65. The molecule has 0 aliphatic carbocycles. The highest BCUT2D eigenvalue weighted by atomic mass is 16.5. The van der Waals surface area contributed by atoms with Gasteiger partial charge < -0.3 is 10.1 Å². The minimum absolute atomic E-state index is 0.718. The first kappa shape index (κ1) is 10.9. The highest BCUT2D eigenvalue weighted by molar-refractivity contribution is 5.59. The van der Waals surface area contributed by atoms with Crippen LogP contribution in [0.5, 0.6) is 5.75 Å². The lowest BCUT2D eigenvalue weighted by Gasteiger charge is -2.14. The molecule has 2 nitrogen and oxygen atoms in total. The van der Waals surface area contributed by atoms with E-state index in [2.05, 4.69) is 24.4 Å². The number of rotatable bonds is 5. The Morgan fingerprint density at radius 1 is 1.29 bits per heavy atom. The van der Waals surface area contributed by atoms with Gasteiger partial charge in [0.25, 0.3) is 0 Å². The van der Waals surface area contributed by atoms with Gasteiger partial charge in [0.05, 0.1) is 12.3 Å². The molecule has 0 saturated carbocycles. The molecular formula is C12H19NO. The molecule has 0 radical (unpaired) electrons. The van der Waals surface area contributed by atoms with Gasteiger partial charge in [-0.1, -0.05) is 25.5 Å². The van der Waals surface area contributed by atoms with Gasteiger partial charge in [0.1, 0.15) is 5.75 Å². The molecular weight excluding hydrogens is 174 g/mol. The van der Waals surface area contributed by atoms with Gasteiger partial charge in [0.15, 0.2) is 0 Å². The molecule has 0 amide bonds. The third kappa shape index (κ3) is 2.41. The highest BCUT2D eigenvalue weighted by Crippen LogP contribution is 2.29. The number of anilines is 1. The van der Waals surface area contributed by atoms with E-state index < -0.39 is 0 Å². The monoisotopic (exact) mass is 193 g/mol. The number of ether oxygens (including phenoxy) is 1. The van der Waals surface area contributed by atoms with Crippen LogP contribution in [0.1, 0.15) is 25.8 Å². The third-order valence-corrected chi connectivity index (χ3v) is 2.17. The van der Waals surface area contributed by atoms with Gasteiger partial charge in [0.2, 0.25) is 0 Å². The van der Waals surface area contributed by atoms with Crippen LogP contribution in [0.3, 0.4) is 0 Å². The van der Waals surface area contributed by atoms with Gasteiger partial charge in [-0.05, 0) is 25.0 Å². The Hall–Kier alpha value is -1.18. The molecule has 0 aromatic heterocycles. The van der Waals surface area contributed by atoms with E-state index >= 15 is 0 Å². The van der Waals surface area contributed by atoms with E-state index in [0.29, 0.717) is 0 Å². The van der Waals surface area contributed by atoms with Gasteiger partial charge in [0, 0.05) is 7.05 Å². The van der Waals surface area contributed by atoms with E-state index in [9.17, 15) is 0 Å². The van der Waals surface area contributed by atoms with E-state index in [1.807, 2.05) is 20.0 Å². The summed E-state index contributed by atoms with van der Waals surface area (Å²) >= 11 is 0. The second-order valence-corrected chi connectivity index (χ2v) is 3.23. The first-order valence-corrected chi connectivity index (χ1v) is 5.25. The Balaban J connectivity index is 3.00. The Morgan fingerprint density at radius 3 is 2.64 bits per heavy atom. The second kappa shape index (κ2) is 5.53. The van der Waals surface area contributed by atoms with Crippen molar-refractivity contribution < 1.29 is 4.74 Å². The van der Waals surface area contributed by atoms with E-state index in [0.717, 1.165) is 30.9 Å². The minimum Gasteiger partial charge on any atom is -0.491 e. The van der Waals surface area contributed by atoms with Gasteiger partial charge >= 0.3 is 0 Å². The smallest absolute Gasteiger partial charge is 0.145 e. The maximum atomic E-state index is 5.65. The predicted octanol–water partition coefficient (Wildman–Crippen LogP) is 3.08. The minimum atomic E-state index is 0.718. The molecule has 0 spiro atoms. The summed E-state index contributed by atoms with van der Waals surface area (Å²) in [5.74, 6) is 1.01. The van der Waals surface area contributed by atoms with Crippen molar-refractivity contribution in [2.75, 3.05) is 19.0 Å². The maximum Gasteiger partial charge on any atom is 0.145 e. The Morgan fingerprint density at radius 2 is 2.07 bits per heavy atom. The van der Waals surface area contributed by atoms with Crippen LogP contribution in [0.15, 0.2) is 18.2 Å². The molecule has 0 atom stereocenters. The summed E-state index contributed by atoms with van der Waals surface area (Å²) in [6.45, 7) is 4.92. The topological polar surface area (TPSA) is 21.3 Å². The molecule has 0 bridgehead atoms. The van der Waals surface area contributed by atoms with Crippen molar-refractivity contribution in [3.05, 3.63) is 23.8 Å². The summed E-state index contributed by atoms with van der Waals surface area (Å²) in [5, 5.41) is 3.15. The molecule has 14 heavy (non-hydrogen) atoms. The van der Waals surface area contributed by atoms with Gasteiger partial charge in [-0.25, -0.2) is 0 Å². The lowest BCUT2D eigenvalue weighted by molar-refractivity contribution is 0.338. The Labute approximate surface area is 86.3 Å². The molecule has 0 aliphatic rings. The molecule has 2 heteroatoms. The number of aryl methyl sites for hydroxylation is 1. The first-order chi connectivity index (χ1) is 6.83. The fraction of sp³-hybridized carbons (Fsp3) is 0.500. The molecule has 0 heterocycles. The second-order valence-electron chi connectivity index (χ2n) is 3.23. The van der Waals surface area contributed by atoms with E-state index in [4.69, 9.17) is 4.74 Å². The van der Waals surface area contributed by atoms with Crippen LogP contribution in [-0.4, -0.2) is 13.7 Å². The van der Waals surface area contributed by atoms with Crippen LogP contribution in [0.4, 0.5) is 5.69 Å². The molecule has 0 fully saturated rings. The normalized spacial score (nSPS) is 9.93. The van der Waals surface area contributed by atoms with Gasteiger partial charge in [-0.15, -0.1) is 0 Å². The summed E-state index contributed by atoms with van der Waals surface area (Å²) in [6, 6.07) is 6.25. The molecule has 0 unspecified atom stereocenters. The number of hydrogen-bond acceptors (Lipinski definition) is 2. The largest absolute Gasteiger partial charge is 0.491 e. The van der Waals surface area contributed by atoms with Crippen molar-refractivity contribution in [2.24, 2.45) is 0 Å². The van der Waals surface area contributed by atoms with E-state index in [1.165, 1.54) is 5.56 Å². The van der Waals surface area contributed by atoms with Gasteiger partial charge in [-0.2, -0.15) is 0 Å². The molecule has 1 aromatic rings. The van der Waals surface area contributed by atoms with Crippen molar-refractivity contribution in [2.45, 2.75) is 26.7 Å². The summed E-state index contributed by atoms with van der Waals surface area (Å²) in [7, 11) is 1.92. The average molecular weight is 193 g/mol. The lowest BCUT2D eigenvalue weighted by atomic mass is 10.1. The van der Waals surface area contributed by atoms with Crippen LogP contribution in [-0.2, 0) is 6.42 Å². The highest BCUT2D eigenvalue weighted by Gasteiger charge is 2.06. The van der Waals surface area contributed by atoms with Crippen LogP contribution in [0.25, 0.3) is 0 Å². The zero-order chi connectivity index (χ0) is 10.4. The van der Waals surface area contributed by atoms with Gasteiger partial charge in [-0.3, -0.25) is 0 Å². The maximum absolute atomic E-state index is 5.65. The van der Waals surface area contributed by atoms with Crippen LogP contribution >= 0.6 is 0 Å². The summed E-state index contributed by atoms with van der Waals surface area (Å²) in [6.07, 6.45) is 2.22. The Kier molecular flexibility index (Phi) is 4.30.